The Labute approximate surface area is 77.3 Å². The zero-order valence-corrected chi connectivity index (χ0v) is 7.78. The van der Waals surface area contributed by atoms with Gasteiger partial charge in [-0.15, -0.1) is 0 Å². The first kappa shape index (κ1) is 11.6. The molecule has 0 bridgehead atoms. The summed E-state index contributed by atoms with van der Waals surface area (Å²) in [6, 6.07) is 0. The number of rotatable bonds is 0. The van der Waals surface area contributed by atoms with Crippen LogP contribution in [0.4, 0.5) is 0 Å². The summed E-state index contributed by atoms with van der Waals surface area (Å²) < 4.78 is 0. The Hall–Kier alpha value is 0.806. The van der Waals surface area contributed by atoms with E-state index in [-0.39, 0.29) is 40.0 Å². The quantitative estimate of drug-likeness (QED) is 0.231. The summed E-state index contributed by atoms with van der Waals surface area (Å²) in [7, 11) is 0. The second-order valence-corrected chi connectivity index (χ2v) is 1.77. The van der Waals surface area contributed by atoms with E-state index in [1.807, 2.05) is 0 Å². The molecule has 0 aromatic carbocycles. The average molecular weight is 183 g/mol. The molecule has 0 aromatic heterocycles. The molecule has 0 radical (unpaired) electrons. The molecule has 0 unspecified atom stereocenters. The van der Waals surface area contributed by atoms with E-state index in [0.717, 1.165) is 0 Å². The van der Waals surface area contributed by atoms with Gasteiger partial charge in [0.2, 0.25) is 0 Å². The summed E-state index contributed by atoms with van der Waals surface area (Å²) in [4.78, 5) is 0. The Morgan fingerprint density at radius 2 is 1.88 bits per heavy atom. The number of halogens is 1. The van der Waals surface area contributed by atoms with E-state index in [2.05, 4.69) is 5.92 Å². The van der Waals surface area contributed by atoms with Crippen molar-refractivity contribution in [3.8, 4) is 5.92 Å². The SMILES string of the molecule is [Br-].[C-]#CC1CCC1.[Mg+2]. The summed E-state index contributed by atoms with van der Waals surface area (Å²) >= 11 is 0. The van der Waals surface area contributed by atoms with Crippen molar-refractivity contribution in [1.29, 1.82) is 0 Å². The van der Waals surface area contributed by atoms with E-state index >= 15 is 0 Å². The van der Waals surface area contributed by atoms with Crippen molar-refractivity contribution in [1.82, 2.24) is 0 Å². The Kier molecular flexibility index (Phi) is 8.59. The second-order valence-electron chi connectivity index (χ2n) is 1.77. The average Bonchev–Trinajstić information content (AvgIpc) is 1.31. The van der Waals surface area contributed by atoms with Crippen LogP contribution in [0, 0.1) is 18.3 Å². The van der Waals surface area contributed by atoms with Crippen molar-refractivity contribution < 1.29 is 17.0 Å². The van der Waals surface area contributed by atoms with Gasteiger partial charge in [0.05, 0.1) is 0 Å². The van der Waals surface area contributed by atoms with Crippen molar-refractivity contribution in [2.24, 2.45) is 5.92 Å². The first-order valence-corrected chi connectivity index (χ1v) is 2.36. The van der Waals surface area contributed by atoms with Crippen molar-refractivity contribution in [3.05, 3.63) is 6.42 Å². The minimum absolute atomic E-state index is 0. The van der Waals surface area contributed by atoms with Gasteiger partial charge in [-0.2, -0.15) is 0 Å². The molecule has 1 rings (SSSR count). The maximum absolute atomic E-state index is 6.61. The van der Waals surface area contributed by atoms with E-state index in [4.69, 9.17) is 6.42 Å². The molecular formula is C6H7BrMg. The van der Waals surface area contributed by atoms with Crippen LogP contribution in [0.15, 0.2) is 0 Å². The van der Waals surface area contributed by atoms with Crippen molar-refractivity contribution >= 4 is 23.1 Å². The van der Waals surface area contributed by atoms with E-state index in [1.165, 1.54) is 19.3 Å². The maximum atomic E-state index is 6.61. The van der Waals surface area contributed by atoms with Gasteiger partial charge in [-0.3, -0.25) is 0 Å². The molecule has 2 heteroatoms. The number of hydrogen-bond donors (Lipinski definition) is 0. The third-order valence-corrected chi connectivity index (χ3v) is 1.31. The van der Waals surface area contributed by atoms with Crippen molar-refractivity contribution in [3.63, 3.8) is 0 Å². The molecule has 0 nitrogen and oxygen atoms in total. The molecule has 8 heavy (non-hydrogen) atoms. The van der Waals surface area contributed by atoms with E-state index in [9.17, 15) is 0 Å². The van der Waals surface area contributed by atoms with Crippen LogP contribution >= 0.6 is 0 Å². The van der Waals surface area contributed by atoms with Crippen LogP contribution in [-0.4, -0.2) is 23.1 Å². The fraction of sp³-hybridized carbons (Fsp3) is 0.667. The zero-order chi connectivity index (χ0) is 4.41. The summed E-state index contributed by atoms with van der Waals surface area (Å²) in [5.74, 6) is 2.98. The molecule has 1 aliphatic carbocycles. The van der Waals surface area contributed by atoms with Gasteiger partial charge in [-0.1, -0.05) is 6.42 Å². The molecule has 0 heterocycles. The Morgan fingerprint density at radius 3 is 1.88 bits per heavy atom. The molecule has 40 valence electrons. The molecule has 0 N–H and O–H groups in total. The molecule has 0 amide bonds. The van der Waals surface area contributed by atoms with Crippen LogP contribution in [0.3, 0.4) is 0 Å². The fourth-order valence-corrected chi connectivity index (χ4v) is 0.553. The molecular weight excluding hydrogens is 176 g/mol. The van der Waals surface area contributed by atoms with Crippen LogP contribution < -0.4 is 17.0 Å². The standard InChI is InChI=1S/C6H7.BrH.Mg/c1-2-6-4-3-5-6;;/h6H,3-5H2;1H;/q-1;;+2/p-1. The summed E-state index contributed by atoms with van der Waals surface area (Å²) in [6.45, 7) is 0. The van der Waals surface area contributed by atoms with Gasteiger partial charge >= 0.3 is 23.1 Å². The molecule has 1 aliphatic rings. The molecule has 0 spiro atoms. The molecule has 0 aromatic rings. The molecule has 1 fully saturated rings. The maximum Gasteiger partial charge on any atom is 2.00 e. The van der Waals surface area contributed by atoms with Crippen molar-refractivity contribution in [2.75, 3.05) is 0 Å². The third kappa shape index (κ3) is 2.96. The van der Waals surface area contributed by atoms with Gasteiger partial charge in [0, 0.05) is 0 Å². The molecule has 0 atom stereocenters. The largest absolute Gasteiger partial charge is 2.00 e. The Balaban J connectivity index is 0. The van der Waals surface area contributed by atoms with Crippen LogP contribution in [0.5, 0.6) is 0 Å². The van der Waals surface area contributed by atoms with E-state index in [1.54, 1.807) is 0 Å². The van der Waals surface area contributed by atoms with Gasteiger partial charge in [-0.25, -0.2) is 0 Å². The summed E-state index contributed by atoms with van der Waals surface area (Å²) in [5, 5.41) is 0. The molecule has 0 saturated heterocycles. The van der Waals surface area contributed by atoms with Gasteiger partial charge in [0.25, 0.3) is 0 Å². The first-order chi connectivity index (χ1) is 2.93. The zero-order valence-electron chi connectivity index (χ0n) is 4.78. The van der Waals surface area contributed by atoms with Crippen LogP contribution in [-0.2, 0) is 0 Å². The van der Waals surface area contributed by atoms with E-state index < -0.39 is 0 Å². The summed E-state index contributed by atoms with van der Waals surface area (Å²) in [5.41, 5.74) is 0. The van der Waals surface area contributed by atoms with Gasteiger partial charge in [0.1, 0.15) is 0 Å². The minimum atomic E-state index is 0. The van der Waals surface area contributed by atoms with Gasteiger partial charge < -0.3 is 29.3 Å². The van der Waals surface area contributed by atoms with Crippen molar-refractivity contribution in [2.45, 2.75) is 19.3 Å². The van der Waals surface area contributed by atoms with Crippen LogP contribution in [0.25, 0.3) is 0 Å². The molecule has 1 saturated carbocycles. The fourth-order valence-electron chi connectivity index (χ4n) is 0.553. The Morgan fingerprint density at radius 1 is 1.38 bits per heavy atom. The predicted molar refractivity (Wildman–Crippen MR) is 30.2 cm³/mol. The monoisotopic (exact) mass is 182 g/mol. The van der Waals surface area contributed by atoms with Crippen LogP contribution in [0.1, 0.15) is 19.3 Å². The topological polar surface area (TPSA) is 0 Å². The smallest absolute Gasteiger partial charge is 1.00 e. The van der Waals surface area contributed by atoms with Gasteiger partial charge in [-0.05, 0) is 18.8 Å². The predicted octanol–water partition coefficient (Wildman–Crippen LogP) is -2.00. The second kappa shape index (κ2) is 5.93. The normalized spacial score (nSPS) is 16.4. The minimum Gasteiger partial charge on any atom is -1.00 e. The van der Waals surface area contributed by atoms with E-state index in [0.29, 0.717) is 5.92 Å². The number of hydrogen-bond acceptors (Lipinski definition) is 0. The van der Waals surface area contributed by atoms with Gasteiger partial charge in [0.15, 0.2) is 0 Å². The summed E-state index contributed by atoms with van der Waals surface area (Å²) in [6.07, 6.45) is 10.3. The van der Waals surface area contributed by atoms with Crippen LogP contribution in [0.2, 0.25) is 0 Å². The molecule has 0 aliphatic heterocycles. The third-order valence-electron chi connectivity index (χ3n) is 1.31. The first-order valence-electron chi connectivity index (χ1n) is 2.36. The Bertz CT molecular complexity index is 81.0.